The Kier molecular flexibility index (Phi) is 3.46. The van der Waals surface area contributed by atoms with Crippen molar-refractivity contribution in [2.45, 2.75) is 0 Å². The van der Waals surface area contributed by atoms with E-state index in [2.05, 4.69) is 11.3 Å². The summed E-state index contributed by atoms with van der Waals surface area (Å²) in [5.74, 6) is -1.65. The first-order valence-corrected chi connectivity index (χ1v) is 5.98. The lowest BCUT2D eigenvalue weighted by Crippen LogP contribution is -2.10. The zero-order valence-electron chi connectivity index (χ0n) is 9.57. The zero-order chi connectivity index (χ0) is 13.4. The second-order valence-electron chi connectivity index (χ2n) is 4.05. The first-order valence-electron chi connectivity index (χ1n) is 5.23. The smallest absolute Gasteiger partial charge is 0.313 e. The van der Waals surface area contributed by atoms with Gasteiger partial charge in [0, 0.05) is 5.56 Å². The molecule has 94 valence electrons. The molecular formula is C13H10Cl2O3. The van der Waals surface area contributed by atoms with Crippen molar-refractivity contribution in [1.29, 1.82) is 0 Å². The van der Waals surface area contributed by atoms with Crippen LogP contribution in [0.3, 0.4) is 0 Å². The van der Waals surface area contributed by atoms with E-state index in [0.717, 1.165) is 0 Å². The van der Waals surface area contributed by atoms with Gasteiger partial charge < -0.3 is 4.74 Å². The van der Waals surface area contributed by atoms with E-state index in [-0.39, 0.29) is 5.78 Å². The summed E-state index contributed by atoms with van der Waals surface area (Å²) in [6, 6.07) is 4.62. The summed E-state index contributed by atoms with van der Waals surface area (Å²) < 4.78 is 4.60. The number of rotatable bonds is 3. The SMILES string of the molecule is C=C1C(C(=O)OC)C1C(=O)c1ccc(Cl)c(Cl)c1. The van der Waals surface area contributed by atoms with Crippen LogP contribution in [0.1, 0.15) is 10.4 Å². The molecule has 0 heterocycles. The van der Waals surface area contributed by atoms with E-state index >= 15 is 0 Å². The molecule has 1 aromatic carbocycles. The molecule has 1 saturated carbocycles. The van der Waals surface area contributed by atoms with Crippen LogP contribution in [0.4, 0.5) is 0 Å². The fraction of sp³-hybridized carbons (Fsp3) is 0.231. The Morgan fingerprint density at radius 1 is 1.22 bits per heavy atom. The van der Waals surface area contributed by atoms with Crippen LogP contribution in [0, 0.1) is 11.8 Å². The van der Waals surface area contributed by atoms with Gasteiger partial charge in [0.25, 0.3) is 0 Å². The summed E-state index contributed by atoms with van der Waals surface area (Å²) in [5.41, 5.74) is 1.000. The monoisotopic (exact) mass is 284 g/mol. The number of Topliss-reactive ketones (excluding diaryl/α,β-unsaturated/α-hetero) is 1. The second kappa shape index (κ2) is 4.75. The Balaban J connectivity index is 2.21. The molecule has 0 aliphatic heterocycles. The maximum absolute atomic E-state index is 12.1. The Labute approximate surface area is 114 Å². The fourth-order valence-corrected chi connectivity index (χ4v) is 2.18. The highest BCUT2D eigenvalue weighted by Gasteiger charge is 2.53. The average Bonchev–Trinajstić information content (AvgIpc) is 3.02. The normalized spacial score (nSPS) is 21.6. The Morgan fingerprint density at radius 3 is 2.44 bits per heavy atom. The number of hydrogen-bond acceptors (Lipinski definition) is 3. The third-order valence-corrected chi connectivity index (χ3v) is 3.70. The molecule has 0 radical (unpaired) electrons. The first kappa shape index (κ1) is 13.1. The molecule has 2 rings (SSSR count). The van der Waals surface area contributed by atoms with Crippen LogP contribution in [-0.2, 0) is 9.53 Å². The molecule has 5 heteroatoms. The van der Waals surface area contributed by atoms with Crippen LogP contribution >= 0.6 is 23.2 Å². The summed E-state index contributed by atoms with van der Waals surface area (Å²) in [4.78, 5) is 23.5. The third-order valence-electron chi connectivity index (χ3n) is 2.96. The van der Waals surface area contributed by atoms with Gasteiger partial charge in [-0.1, -0.05) is 35.4 Å². The first-order chi connectivity index (χ1) is 8.47. The molecule has 3 nitrogen and oxygen atoms in total. The van der Waals surface area contributed by atoms with E-state index in [1.165, 1.54) is 13.2 Å². The van der Waals surface area contributed by atoms with E-state index in [1.807, 2.05) is 0 Å². The topological polar surface area (TPSA) is 43.4 Å². The van der Waals surface area contributed by atoms with Gasteiger partial charge in [0.05, 0.1) is 29.0 Å². The molecule has 18 heavy (non-hydrogen) atoms. The largest absolute Gasteiger partial charge is 0.469 e. The molecule has 1 aromatic rings. The second-order valence-corrected chi connectivity index (χ2v) is 4.86. The highest BCUT2D eigenvalue weighted by atomic mass is 35.5. The van der Waals surface area contributed by atoms with Gasteiger partial charge in [-0.25, -0.2) is 0 Å². The van der Waals surface area contributed by atoms with Crippen molar-refractivity contribution >= 4 is 35.0 Å². The molecule has 0 spiro atoms. The Bertz CT molecular complexity index is 551. The number of methoxy groups -OCH3 is 1. The number of esters is 1. The summed E-state index contributed by atoms with van der Waals surface area (Å²) >= 11 is 11.6. The molecular weight excluding hydrogens is 275 g/mol. The van der Waals surface area contributed by atoms with Crippen molar-refractivity contribution < 1.29 is 14.3 Å². The summed E-state index contributed by atoms with van der Waals surface area (Å²) in [6.45, 7) is 3.70. The molecule has 0 aromatic heterocycles. The average molecular weight is 285 g/mol. The molecule has 2 atom stereocenters. The molecule has 0 saturated heterocycles. The number of ether oxygens (including phenoxy) is 1. The van der Waals surface area contributed by atoms with Crippen LogP contribution in [-0.4, -0.2) is 18.9 Å². The van der Waals surface area contributed by atoms with Gasteiger partial charge in [0.15, 0.2) is 5.78 Å². The van der Waals surface area contributed by atoms with Gasteiger partial charge in [0.1, 0.15) is 0 Å². The highest BCUT2D eigenvalue weighted by molar-refractivity contribution is 6.42. The number of carbonyl (C=O) groups is 2. The van der Waals surface area contributed by atoms with E-state index in [4.69, 9.17) is 23.2 Å². The molecule has 0 N–H and O–H groups in total. The Morgan fingerprint density at radius 2 is 1.89 bits per heavy atom. The fourth-order valence-electron chi connectivity index (χ4n) is 1.88. The molecule has 0 amide bonds. The third kappa shape index (κ3) is 2.16. The highest BCUT2D eigenvalue weighted by Crippen LogP contribution is 2.47. The number of hydrogen-bond donors (Lipinski definition) is 0. The predicted molar refractivity (Wildman–Crippen MR) is 68.9 cm³/mol. The van der Waals surface area contributed by atoms with Crippen molar-refractivity contribution in [2.75, 3.05) is 7.11 Å². The molecule has 0 bridgehead atoms. The summed E-state index contributed by atoms with van der Waals surface area (Å²) in [6.07, 6.45) is 0. The van der Waals surface area contributed by atoms with E-state index in [1.54, 1.807) is 12.1 Å². The van der Waals surface area contributed by atoms with Gasteiger partial charge in [-0.2, -0.15) is 0 Å². The van der Waals surface area contributed by atoms with Crippen molar-refractivity contribution in [1.82, 2.24) is 0 Å². The standard InChI is InChI=1S/C13H10Cl2O3/c1-6-10(11(6)13(17)18-2)12(16)7-3-4-8(14)9(15)5-7/h3-5,10-11H,1H2,2H3. The van der Waals surface area contributed by atoms with Gasteiger partial charge in [0.2, 0.25) is 0 Å². The predicted octanol–water partition coefficient (Wildman–Crippen LogP) is 3.15. The van der Waals surface area contributed by atoms with Gasteiger partial charge in [-0.3, -0.25) is 9.59 Å². The van der Waals surface area contributed by atoms with Gasteiger partial charge >= 0.3 is 5.97 Å². The van der Waals surface area contributed by atoms with E-state index < -0.39 is 17.8 Å². The van der Waals surface area contributed by atoms with Gasteiger partial charge in [-0.15, -0.1) is 0 Å². The molecule has 1 aliphatic rings. The van der Waals surface area contributed by atoms with Crippen molar-refractivity contribution in [3.8, 4) is 0 Å². The minimum absolute atomic E-state index is 0.186. The maximum Gasteiger partial charge on any atom is 0.313 e. The minimum atomic E-state index is -0.531. The Hall–Kier alpha value is -1.32. The minimum Gasteiger partial charge on any atom is -0.469 e. The number of benzene rings is 1. The van der Waals surface area contributed by atoms with Crippen molar-refractivity contribution in [3.63, 3.8) is 0 Å². The van der Waals surface area contributed by atoms with Crippen LogP contribution < -0.4 is 0 Å². The summed E-state index contributed by atoms with van der Waals surface area (Å²) in [7, 11) is 1.29. The van der Waals surface area contributed by atoms with Crippen LogP contribution in [0.25, 0.3) is 0 Å². The lowest BCUT2D eigenvalue weighted by atomic mass is 10.1. The van der Waals surface area contributed by atoms with Crippen LogP contribution in [0.5, 0.6) is 0 Å². The lowest BCUT2D eigenvalue weighted by Gasteiger charge is -2.01. The molecule has 2 unspecified atom stereocenters. The number of carbonyl (C=O) groups excluding carboxylic acids is 2. The zero-order valence-corrected chi connectivity index (χ0v) is 11.1. The quantitative estimate of drug-likeness (QED) is 0.487. The summed E-state index contributed by atoms with van der Waals surface area (Å²) in [5, 5.41) is 0.691. The maximum atomic E-state index is 12.1. The van der Waals surface area contributed by atoms with E-state index in [0.29, 0.717) is 21.2 Å². The van der Waals surface area contributed by atoms with Crippen LogP contribution in [0.15, 0.2) is 30.4 Å². The van der Waals surface area contributed by atoms with Crippen molar-refractivity contribution in [2.24, 2.45) is 11.8 Å². The molecule has 1 aliphatic carbocycles. The lowest BCUT2D eigenvalue weighted by molar-refractivity contribution is -0.142. The number of halogens is 2. The van der Waals surface area contributed by atoms with E-state index in [9.17, 15) is 9.59 Å². The van der Waals surface area contributed by atoms with Gasteiger partial charge in [-0.05, 0) is 18.2 Å². The van der Waals surface area contributed by atoms with Crippen molar-refractivity contribution in [3.05, 3.63) is 46.0 Å². The van der Waals surface area contributed by atoms with Crippen LogP contribution in [0.2, 0.25) is 10.0 Å². The number of ketones is 1. The molecule has 1 fully saturated rings.